The van der Waals surface area contributed by atoms with Crippen molar-refractivity contribution in [1.29, 1.82) is 0 Å². The number of hydrogen-bond acceptors (Lipinski definition) is 5. The van der Waals surface area contributed by atoms with E-state index in [1.807, 2.05) is 61.5 Å². The largest absolute Gasteiger partial charge is 0.494 e. The Balaban J connectivity index is 1.66. The highest BCUT2D eigenvalue weighted by Crippen LogP contribution is 2.48. The second-order valence-corrected chi connectivity index (χ2v) is 10.9. The molecule has 37 heavy (non-hydrogen) atoms. The molecule has 2 N–H and O–H groups in total. The van der Waals surface area contributed by atoms with Crippen LogP contribution < -0.4 is 14.8 Å². The number of nitrogens with zero attached hydrogens (tertiary/aromatic N) is 1. The molecule has 0 saturated heterocycles. The molecular formula is C29H28N2O5S. The van der Waals surface area contributed by atoms with Crippen LogP contribution in [0.4, 0.5) is 5.69 Å². The topological polar surface area (TPSA) is 107 Å². The second-order valence-electron chi connectivity index (χ2n) is 9.30. The summed E-state index contributed by atoms with van der Waals surface area (Å²) in [5.74, 6) is 0.00492. The van der Waals surface area contributed by atoms with Crippen LogP contribution >= 0.6 is 0 Å². The van der Waals surface area contributed by atoms with E-state index in [2.05, 4.69) is 0 Å². The minimum absolute atomic E-state index is 0.00469. The SMILES string of the molecule is CCOc1ccccc1C1CC(=O)N(c2ccc(S(N)(=O)=O)cc2)C2=C1C(=O)CC(c1ccccc1)C2. The number of sulfonamides is 1. The predicted octanol–water partition coefficient (Wildman–Crippen LogP) is 4.65. The van der Waals surface area contributed by atoms with Gasteiger partial charge in [0.15, 0.2) is 5.78 Å². The maximum atomic E-state index is 13.8. The number of anilines is 1. The summed E-state index contributed by atoms with van der Waals surface area (Å²) in [5.41, 5.74) is 3.63. The molecule has 3 aromatic carbocycles. The number of allylic oxidation sites excluding steroid dienone is 2. The van der Waals surface area contributed by atoms with Gasteiger partial charge in [0, 0.05) is 41.3 Å². The third-order valence-corrected chi connectivity index (χ3v) is 7.95. The predicted molar refractivity (Wildman–Crippen MR) is 141 cm³/mol. The van der Waals surface area contributed by atoms with E-state index in [1.165, 1.54) is 12.1 Å². The summed E-state index contributed by atoms with van der Waals surface area (Å²) in [7, 11) is -3.88. The first-order valence-corrected chi connectivity index (χ1v) is 13.8. The van der Waals surface area contributed by atoms with Crippen molar-refractivity contribution in [2.45, 2.75) is 42.9 Å². The first-order valence-electron chi connectivity index (χ1n) is 12.3. The van der Waals surface area contributed by atoms with Crippen LogP contribution in [0.15, 0.2) is 95.0 Å². The van der Waals surface area contributed by atoms with Gasteiger partial charge in [-0.05, 0) is 55.2 Å². The zero-order chi connectivity index (χ0) is 26.2. The Hall–Kier alpha value is -3.75. The maximum absolute atomic E-state index is 13.8. The molecule has 7 nitrogen and oxygen atoms in total. The van der Waals surface area contributed by atoms with Gasteiger partial charge in [0.25, 0.3) is 0 Å². The van der Waals surface area contributed by atoms with Gasteiger partial charge in [0.05, 0.1) is 11.5 Å². The second kappa shape index (κ2) is 9.95. The monoisotopic (exact) mass is 516 g/mol. The van der Waals surface area contributed by atoms with E-state index in [0.717, 1.165) is 11.1 Å². The molecule has 1 amide bonds. The number of primary sulfonamides is 1. The fourth-order valence-electron chi connectivity index (χ4n) is 5.40. The van der Waals surface area contributed by atoms with Crippen LogP contribution in [0.2, 0.25) is 0 Å². The van der Waals surface area contributed by atoms with Crippen LogP contribution in [0.1, 0.15) is 49.1 Å². The Labute approximate surface area is 216 Å². The number of amides is 1. The molecule has 1 aliphatic carbocycles. The Morgan fingerprint density at radius 1 is 0.892 bits per heavy atom. The van der Waals surface area contributed by atoms with Gasteiger partial charge in [-0.2, -0.15) is 0 Å². The number of ketones is 1. The summed E-state index contributed by atoms with van der Waals surface area (Å²) in [6.45, 7) is 2.37. The highest BCUT2D eigenvalue weighted by Gasteiger charge is 2.43. The van der Waals surface area contributed by atoms with Crippen LogP contribution in [-0.4, -0.2) is 26.7 Å². The van der Waals surface area contributed by atoms with Crippen LogP contribution in [0.5, 0.6) is 5.75 Å². The van der Waals surface area contributed by atoms with Crippen molar-refractivity contribution in [3.63, 3.8) is 0 Å². The molecule has 190 valence electrons. The van der Waals surface area contributed by atoms with Crippen molar-refractivity contribution in [2.75, 3.05) is 11.5 Å². The summed E-state index contributed by atoms with van der Waals surface area (Å²) < 4.78 is 29.4. The lowest BCUT2D eigenvalue weighted by Crippen LogP contribution is -2.42. The molecular weight excluding hydrogens is 488 g/mol. The molecule has 0 fully saturated rings. The fraction of sp³-hybridized carbons (Fsp3) is 0.241. The Morgan fingerprint density at radius 3 is 2.24 bits per heavy atom. The van der Waals surface area contributed by atoms with Gasteiger partial charge in [-0.15, -0.1) is 0 Å². The van der Waals surface area contributed by atoms with Crippen LogP contribution in [-0.2, 0) is 19.6 Å². The molecule has 0 aromatic heterocycles. The normalized spacial score (nSPS) is 20.1. The highest BCUT2D eigenvalue weighted by molar-refractivity contribution is 7.89. The molecule has 0 radical (unpaired) electrons. The Morgan fingerprint density at radius 2 is 1.57 bits per heavy atom. The quantitative estimate of drug-likeness (QED) is 0.513. The smallest absolute Gasteiger partial charge is 0.238 e. The number of nitrogens with two attached hydrogens (primary N) is 1. The van der Waals surface area contributed by atoms with E-state index in [-0.39, 0.29) is 28.9 Å². The molecule has 0 spiro atoms. The molecule has 5 rings (SSSR count). The number of para-hydroxylation sites is 1. The van der Waals surface area contributed by atoms with Gasteiger partial charge in [-0.3, -0.25) is 14.5 Å². The van der Waals surface area contributed by atoms with E-state index in [0.29, 0.717) is 42.2 Å². The number of Topliss-reactive ketones (excluding diaryl/α,β-unsaturated/α-hetero) is 1. The summed E-state index contributed by atoms with van der Waals surface area (Å²) in [4.78, 5) is 29.1. The lowest BCUT2D eigenvalue weighted by molar-refractivity contribution is -0.120. The van der Waals surface area contributed by atoms with E-state index in [4.69, 9.17) is 9.88 Å². The van der Waals surface area contributed by atoms with E-state index in [1.54, 1.807) is 17.0 Å². The van der Waals surface area contributed by atoms with E-state index >= 15 is 0 Å². The molecule has 8 heteroatoms. The third kappa shape index (κ3) is 4.82. The van der Waals surface area contributed by atoms with Crippen molar-refractivity contribution in [3.8, 4) is 5.75 Å². The number of ether oxygens (including phenoxy) is 1. The highest BCUT2D eigenvalue weighted by atomic mass is 32.2. The van der Waals surface area contributed by atoms with Crippen molar-refractivity contribution in [2.24, 2.45) is 5.14 Å². The minimum atomic E-state index is -3.88. The summed E-state index contributed by atoms with van der Waals surface area (Å²) >= 11 is 0. The zero-order valence-electron chi connectivity index (χ0n) is 20.5. The minimum Gasteiger partial charge on any atom is -0.494 e. The van der Waals surface area contributed by atoms with Gasteiger partial charge in [0.2, 0.25) is 15.9 Å². The molecule has 0 bridgehead atoms. The van der Waals surface area contributed by atoms with Gasteiger partial charge in [0.1, 0.15) is 5.75 Å². The summed E-state index contributed by atoms with van der Waals surface area (Å²) in [5, 5.41) is 5.27. The first-order chi connectivity index (χ1) is 17.8. The number of carbonyl (C=O) groups excluding carboxylic acids is 2. The lowest BCUT2D eigenvalue weighted by atomic mass is 9.72. The number of carbonyl (C=O) groups is 2. The molecule has 3 aromatic rings. The van der Waals surface area contributed by atoms with Crippen molar-refractivity contribution in [3.05, 3.63) is 101 Å². The summed E-state index contributed by atoms with van der Waals surface area (Å²) in [6.07, 6.45) is 0.950. The standard InChI is InChI=1S/C29H28N2O5S/c1-2-36-27-11-7-6-10-23(27)24-18-28(33)31(21-12-14-22(15-13-21)37(30,34)35)25-16-20(17-26(32)29(24)25)19-8-4-3-5-9-19/h3-15,20,24H,2,16-18H2,1H3,(H2,30,34,35). The van der Waals surface area contributed by atoms with Crippen molar-refractivity contribution < 1.29 is 22.7 Å². The van der Waals surface area contributed by atoms with Crippen LogP contribution in [0.25, 0.3) is 0 Å². The third-order valence-electron chi connectivity index (χ3n) is 7.02. The van der Waals surface area contributed by atoms with Gasteiger partial charge < -0.3 is 4.74 Å². The molecule has 1 heterocycles. The number of rotatable bonds is 6. The maximum Gasteiger partial charge on any atom is 0.238 e. The average molecular weight is 517 g/mol. The molecule has 0 saturated carbocycles. The molecule has 2 unspecified atom stereocenters. The molecule has 1 aliphatic heterocycles. The van der Waals surface area contributed by atoms with Crippen LogP contribution in [0.3, 0.4) is 0 Å². The fourth-order valence-corrected chi connectivity index (χ4v) is 5.92. The van der Waals surface area contributed by atoms with E-state index < -0.39 is 15.9 Å². The molecule has 2 atom stereocenters. The average Bonchev–Trinajstić information content (AvgIpc) is 2.89. The first kappa shape index (κ1) is 24.9. The van der Waals surface area contributed by atoms with Crippen LogP contribution in [0, 0.1) is 0 Å². The zero-order valence-corrected chi connectivity index (χ0v) is 21.3. The van der Waals surface area contributed by atoms with Gasteiger partial charge in [-0.1, -0.05) is 48.5 Å². The van der Waals surface area contributed by atoms with Crippen molar-refractivity contribution >= 4 is 27.4 Å². The van der Waals surface area contributed by atoms with Crippen molar-refractivity contribution in [1.82, 2.24) is 0 Å². The lowest BCUT2D eigenvalue weighted by Gasteiger charge is -2.40. The Bertz CT molecular complexity index is 1480. The summed E-state index contributed by atoms with van der Waals surface area (Å²) in [6, 6.07) is 23.3. The van der Waals surface area contributed by atoms with Gasteiger partial charge >= 0.3 is 0 Å². The van der Waals surface area contributed by atoms with E-state index in [9.17, 15) is 18.0 Å². The number of hydrogen-bond donors (Lipinski definition) is 1. The molecule has 2 aliphatic rings. The van der Waals surface area contributed by atoms with Gasteiger partial charge in [-0.25, -0.2) is 13.6 Å². The number of benzene rings is 3. The Kier molecular flexibility index (Phi) is 6.70.